The van der Waals surface area contributed by atoms with Gasteiger partial charge in [0.15, 0.2) is 7.11 Å². The molecule has 1 N–H and O–H groups in total. The van der Waals surface area contributed by atoms with Gasteiger partial charge in [0.2, 0.25) is 0 Å². The summed E-state index contributed by atoms with van der Waals surface area (Å²) in [4.78, 5) is 4.36. The average molecular weight is 155 g/mol. The second-order valence-corrected chi connectivity index (χ2v) is 2.42. The van der Waals surface area contributed by atoms with Crippen LogP contribution in [-0.2, 0) is 4.84 Å². The Bertz CT molecular complexity index is 187. The van der Waals surface area contributed by atoms with Crippen LogP contribution in [0.3, 0.4) is 0 Å². The van der Waals surface area contributed by atoms with Crippen LogP contribution in [0.25, 0.3) is 0 Å². The molecule has 0 unspecified atom stereocenters. The highest BCUT2D eigenvalue weighted by atomic mass is 16.6. The Labute approximate surface area is 65.5 Å². The van der Waals surface area contributed by atoms with Crippen LogP contribution < -0.4 is 0 Å². The molecule has 0 aromatic heterocycles. The maximum Gasteiger partial charge on any atom is 0.153 e. The molecule has 1 fully saturated rings. The predicted octanol–water partition coefficient (Wildman–Crippen LogP) is 1.55. The second kappa shape index (κ2) is 3.95. The van der Waals surface area contributed by atoms with E-state index in [1.54, 1.807) is 0 Å². The van der Waals surface area contributed by atoms with Crippen molar-refractivity contribution < 1.29 is 10.0 Å². The quantitative estimate of drug-likeness (QED) is 0.461. The monoisotopic (exact) mass is 155 g/mol. The standard InChI is InChI=1S/C7H11N2O2/c1-11-9-7-5-3-2-4-6(7)8-10/h10H,1-5H2/b8-6+,9-7+. The lowest BCUT2D eigenvalue weighted by molar-refractivity contribution is 0.259. The van der Waals surface area contributed by atoms with Gasteiger partial charge in [-0.2, -0.15) is 0 Å². The normalized spacial score (nSPS) is 25.9. The van der Waals surface area contributed by atoms with Crippen LogP contribution in [0.4, 0.5) is 0 Å². The summed E-state index contributed by atoms with van der Waals surface area (Å²) in [5.41, 5.74) is 1.34. The van der Waals surface area contributed by atoms with Crippen molar-refractivity contribution in [3.63, 3.8) is 0 Å². The summed E-state index contributed by atoms with van der Waals surface area (Å²) in [6.45, 7) is 0. The Kier molecular flexibility index (Phi) is 2.89. The van der Waals surface area contributed by atoms with E-state index in [1.165, 1.54) is 0 Å². The van der Waals surface area contributed by atoms with E-state index < -0.39 is 0 Å². The van der Waals surface area contributed by atoms with E-state index in [4.69, 9.17) is 5.21 Å². The predicted molar refractivity (Wildman–Crippen MR) is 41.6 cm³/mol. The van der Waals surface area contributed by atoms with Crippen LogP contribution in [0.5, 0.6) is 0 Å². The van der Waals surface area contributed by atoms with Gasteiger partial charge >= 0.3 is 0 Å². The second-order valence-electron chi connectivity index (χ2n) is 2.42. The molecule has 0 aromatic rings. The van der Waals surface area contributed by atoms with Gasteiger partial charge in [0.25, 0.3) is 0 Å². The van der Waals surface area contributed by atoms with Crippen LogP contribution in [0.2, 0.25) is 0 Å². The van der Waals surface area contributed by atoms with Gasteiger partial charge in [-0.3, -0.25) is 0 Å². The smallest absolute Gasteiger partial charge is 0.153 e. The largest absolute Gasteiger partial charge is 0.411 e. The Balaban J connectivity index is 2.67. The first-order valence-corrected chi connectivity index (χ1v) is 3.58. The Hall–Kier alpha value is -1.06. The minimum absolute atomic E-state index is 0.625. The summed E-state index contributed by atoms with van der Waals surface area (Å²) in [6, 6.07) is 0. The summed E-state index contributed by atoms with van der Waals surface area (Å²) in [7, 11) is 3.12. The first-order chi connectivity index (χ1) is 5.38. The van der Waals surface area contributed by atoms with Crippen LogP contribution in [0, 0.1) is 7.11 Å². The van der Waals surface area contributed by atoms with Gasteiger partial charge in [-0.05, 0) is 25.7 Å². The molecule has 61 valence electrons. The highest BCUT2D eigenvalue weighted by Gasteiger charge is 2.15. The van der Waals surface area contributed by atoms with Crippen molar-refractivity contribution >= 4 is 11.4 Å². The van der Waals surface area contributed by atoms with E-state index in [2.05, 4.69) is 22.3 Å². The zero-order chi connectivity index (χ0) is 8.10. The number of oxime groups is 2. The van der Waals surface area contributed by atoms with E-state index in [0.29, 0.717) is 11.4 Å². The summed E-state index contributed by atoms with van der Waals surface area (Å²) in [6.07, 6.45) is 3.71. The molecule has 0 atom stereocenters. The molecular weight excluding hydrogens is 144 g/mol. The van der Waals surface area contributed by atoms with Gasteiger partial charge in [-0.25, -0.2) is 0 Å². The zero-order valence-electron chi connectivity index (χ0n) is 6.29. The molecule has 0 bridgehead atoms. The third-order valence-corrected chi connectivity index (χ3v) is 1.71. The van der Waals surface area contributed by atoms with Crippen LogP contribution >= 0.6 is 0 Å². The Morgan fingerprint density at radius 1 is 1.27 bits per heavy atom. The zero-order valence-corrected chi connectivity index (χ0v) is 6.29. The summed E-state index contributed by atoms with van der Waals surface area (Å²) in [5, 5.41) is 15.3. The fraction of sp³-hybridized carbons (Fsp3) is 0.571. The van der Waals surface area contributed by atoms with Gasteiger partial charge in [0, 0.05) is 0 Å². The highest BCUT2D eigenvalue weighted by molar-refractivity contribution is 6.42. The maximum absolute atomic E-state index is 8.52. The first-order valence-electron chi connectivity index (χ1n) is 3.58. The lowest BCUT2D eigenvalue weighted by atomic mass is 9.97. The molecule has 1 radical (unpaired) electrons. The summed E-state index contributed by atoms with van der Waals surface area (Å²) >= 11 is 0. The van der Waals surface area contributed by atoms with Gasteiger partial charge in [0.05, 0.1) is 0 Å². The molecule has 4 heteroatoms. The molecule has 0 amide bonds. The van der Waals surface area contributed by atoms with Crippen molar-refractivity contribution in [2.75, 3.05) is 0 Å². The van der Waals surface area contributed by atoms with Crippen molar-refractivity contribution in [3.8, 4) is 0 Å². The number of nitrogens with zero attached hydrogens (tertiary/aromatic N) is 2. The van der Waals surface area contributed by atoms with Gasteiger partial charge < -0.3 is 10.0 Å². The molecule has 0 spiro atoms. The topological polar surface area (TPSA) is 54.2 Å². The molecule has 1 aliphatic carbocycles. The molecular formula is C7H11N2O2. The lowest BCUT2D eigenvalue weighted by Gasteiger charge is -2.12. The minimum Gasteiger partial charge on any atom is -0.411 e. The minimum atomic E-state index is 0.625. The Morgan fingerprint density at radius 3 is 2.45 bits per heavy atom. The third kappa shape index (κ3) is 1.93. The van der Waals surface area contributed by atoms with Crippen molar-refractivity contribution in [3.05, 3.63) is 7.11 Å². The summed E-state index contributed by atoms with van der Waals surface area (Å²) < 4.78 is 0. The van der Waals surface area contributed by atoms with E-state index in [1.807, 2.05) is 0 Å². The fourth-order valence-electron chi connectivity index (χ4n) is 1.16. The van der Waals surface area contributed by atoms with Crippen LogP contribution in [0.15, 0.2) is 10.3 Å². The maximum atomic E-state index is 8.52. The molecule has 1 aliphatic rings. The van der Waals surface area contributed by atoms with Crippen molar-refractivity contribution in [2.45, 2.75) is 25.7 Å². The molecule has 4 nitrogen and oxygen atoms in total. The number of hydrogen-bond donors (Lipinski definition) is 1. The summed E-state index contributed by atoms with van der Waals surface area (Å²) in [5.74, 6) is 0. The number of rotatable bonds is 1. The molecule has 0 aliphatic heterocycles. The fourth-order valence-corrected chi connectivity index (χ4v) is 1.16. The Morgan fingerprint density at radius 2 is 1.91 bits per heavy atom. The molecule has 0 aromatic carbocycles. The van der Waals surface area contributed by atoms with E-state index in [9.17, 15) is 0 Å². The van der Waals surface area contributed by atoms with Crippen molar-refractivity contribution in [1.82, 2.24) is 0 Å². The molecule has 0 heterocycles. The highest BCUT2D eigenvalue weighted by Crippen LogP contribution is 2.13. The number of hydrogen-bond acceptors (Lipinski definition) is 4. The van der Waals surface area contributed by atoms with Gasteiger partial charge in [-0.1, -0.05) is 10.3 Å². The van der Waals surface area contributed by atoms with Gasteiger partial charge in [0.1, 0.15) is 11.4 Å². The van der Waals surface area contributed by atoms with E-state index in [0.717, 1.165) is 25.7 Å². The first kappa shape index (κ1) is 8.04. The molecule has 1 rings (SSSR count). The van der Waals surface area contributed by atoms with Crippen molar-refractivity contribution in [1.29, 1.82) is 0 Å². The average Bonchev–Trinajstić information content (AvgIpc) is 2.06. The molecule has 1 saturated carbocycles. The molecule has 11 heavy (non-hydrogen) atoms. The third-order valence-electron chi connectivity index (χ3n) is 1.71. The van der Waals surface area contributed by atoms with Gasteiger partial charge in [-0.15, -0.1) is 0 Å². The van der Waals surface area contributed by atoms with E-state index >= 15 is 0 Å². The van der Waals surface area contributed by atoms with Crippen LogP contribution in [-0.4, -0.2) is 16.6 Å². The molecule has 0 saturated heterocycles. The lowest BCUT2D eigenvalue weighted by Crippen LogP contribution is -2.19. The van der Waals surface area contributed by atoms with Crippen molar-refractivity contribution in [2.24, 2.45) is 10.3 Å². The van der Waals surface area contributed by atoms with Crippen LogP contribution in [0.1, 0.15) is 25.7 Å². The SMILES string of the molecule is [CH2]O/N=C1\CCCC\C1=N/O. The van der Waals surface area contributed by atoms with E-state index in [-0.39, 0.29) is 0 Å².